The van der Waals surface area contributed by atoms with Crippen LogP contribution in [-0.4, -0.2) is 23.1 Å². The predicted molar refractivity (Wildman–Crippen MR) is 107 cm³/mol. The molecule has 0 aromatic heterocycles. The first kappa shape index (κ1) is 22.7. The number of rotatable bonds is 7. The predicted octanol–water partition coefficient (Wildman–Crippen LogP) is 5.14. The van der Waals surface area contributed by atoms with E-state index in [2.05, 4.69) is 0 Å². The molecule has 3 rings (SSSR count). The molecule has 0 fully saturated rings. The second-order valence-electron chi connectivity index (χ2n) is 6.56. The molecular weight excluding hydrogens is 432 g/mol. The summed E-state index contributed by atoms with van der Waals surface area (Å²) < 4.78 is 64.5. The number of ketones is 1. The van der Waals surface area contributed by atoms with E-state index in [0.29, 0.717) is 5.56 Å². The molecule has 166 valence electrons. The van der Waals surface area contributed by atoms with E-state index < -0.39 is 47.2 Å². The molecule has 3 aromatic carbocycles. The second-order valence-corrected chi connectivity index (χ2v) is 6.56. The quantitative estimate of drug-likeness (QED) is 0.227. The summed E-state index contributed by atoms with van der Waals surface area (Å²) in [6, 6.07) is 8.16. The Labute approximate surface area is 179 Å². The molecule has 0 atom stereocenters. The maximum atomic E-state index is 13.8. The Hall–Kier alpha value is -4.01. The van der Waals surface area contributed by atoms with Crippen molar-refractivity contribution in [2.75, 3.05) is 7.11 Å². The van der Waals surface area contributed by atoms with Crippen LogP contribution in [-0.2, 0) is 6.61 Å². The maximum Gasteiger partial charge on any atom is 0.203 e. The largest absolute Gasteiger partial charge is 0.508 e. The van der Waals surface area contributed by atoms with E-state index in [9.17, 15) is 32.6 Å². The fourth-order valence-electron chi connectivity index (χ4n) is 2.83. The number of carbonyl (C=O) groups is 1. The van der Waals surface area contributed by atoms with E-state index >= 15 is 0 Å². The van der Waals surface area contributed by atoms with Crippen molar-refractivity contribution in [2.45, 2.75) is 6.61 Å². The Balaban J connectivity index is 1.83. The van der Waals surface area contributed by atoms with Gasteiger partial charge < -0.3 is 19.7 Å². The van der Waals surface area contributed by atoms with Crippen molar-refractivity contribution < 1.29 is 42.0 Å². The van der Waals surface area contributed by atoms with Crippen LogP contribution < -0.4 is 9.47 Å². The first-order valence-electron chi connectivity index (χ1n) is 9.08. The lowest BCUT2D eigenvalue weighted by Crippen LogP contribution is -2.05. The highest BCUT2D eigenvalue weighted by Gasteiger charge is 2.21. The molecule has 2 N–H and O–H groups in total. The first-order chi connectivity index (χ1) is 15.2. The summed E-state index contributed by atoms with van der Waals surface area (Å²) in [7, 11) is 1.34. The Kier molecular flexibility index (Phi) is 6.67. The van der Waals surface area contributed by atoms with E-state index in [1.165, 1.54) is 43.5 Å². The fourth-order valence-corrected chi connectivity index (χ4v) is 2.83. The highest BCUT2D eigenvalue weighted by Crippen LogP contribution is 2.29. The molecular formula is C23H16F4O5. The molecule has 32 heavy (non-hydrogen) atoms. The zero-order chi connectivity index (χ0) is 23.4. The molecule has 3 aromatic rings. The molecule has 0 unspecified atom stereocenters. The molecule has 5 nitrogen and oxygen atoms in total. The number of hydrogen-bond acceptors (Lipinski definition) is 5. The van der Waals surface area contributed by atoms with Crippen LogP contribution in [0.3, 0.4) is 0 Å². The summed E-state index contributed by atoms with van der Waals surface area (Å²) in [5.41, 5.74) is 0.704. The maximum absolute atomic E-state index is 13.8. The molecule has 0 aliphatic carbocycles. The van der Waals surface area contributed by atoms with Crippen LogP contribution in [0.25, 0.3) is 6.08 Å². The van der Waals surface area contributed by atoms with Crippen LogP contribution in [0, 0.1) is 23.3 Å². The van der Waals surface area contributed by atoms with Gasteiger partial charge in [0.25, 0.3) is 0 Å². The van der Waals surface area contributed by atoms with Gasteiger partial charge in [-0.3, -0.25) is 4.79 Å². The van der Waals surface area contributed by atoms with Gasteiger partial charge in [-0.15, -0.1) is 0 Å². The number of benzene rings is 3. The molecule has 0 spiro atoms. The highest BCUT2D eigenvalue weighted by atomic mass is 19.2. The van der Waals surface area contributed by atoms with Crippen molar-refractivity contribution in [3.63, 3.8) is 0 Å². The van der Waals surface area contributed by atoms with Crippen molar-refractivity contribution in [2.24, 2.45) is 0 Å². The highest BCUT2D eigenvalue weighted by molar-refractivity contribution is 6.08. The number of phenols is 2. The standard InChI is InChI=1S/C23H16F4O5/c1-31-20-7-3-12(2-6-18(29)15-5-4-14(28)9-19(15)30)8-13(20)11-32-23-21(26)16(24)10-17(25)22(23)27/h2-10,28,30H,11H2,1H3/b6-2+. The van der Waals surface area contributed by atoms with Gasteiger partial charge in [0.2, 0.25) is 11.6 Å². The zero-order valence-corrected chi connectivity index (χ0v) is 16.5. The third-order valence-electron chi connectivity index (χ3n) is 4.42. The van der Waals surface area contributed by atoms with Gasteiger partial charge in [0.15, 0.2) is 23.2 Å². The van der Waals surface area contributed by atoms with Gasteiger partial charge in [0.05, 0.1) is 12.7 Å². The number of carbonyl (C=O) groups excluding carboxylic acids is 1. The number of phenolic OH excluding ortho intramolecular Hbond substituents is 2. The summed E-state index contributed by atoms with van der Waals surface area (Å²) in [4.78, 5) is 12.3. The van der Waals surface area contributed by atoms with Crippen LogP contribution >= 0.6 is 0 Å². The van der Waals surface area contributed by atoms with Gasteiger partial charge in [-0.05, 0) is 35.9 Å². The number of aromatic hydroxyl groups is 2. The van der Waals surface area contributed by atoms with E-state index in [4.69, 9.17) is 9.47 Å². The average Bonchev–Trinajstić information content (AvgIpc) is 2.76. The normalized spacial score (nSPS) is 11.0. The summed E-state index contributed by atoms with van der Waals surface area (Å²) in [5.74, 6) is -8.61. The van der Waals surface area contributed by atoms with E-state index in [1.54, 1.807) is 6.07 Å². The number of methoxy groups -OCH3 is 1. The average molecular weight is 448 g/mol. The molecule has 0 aliphatic rings. The minimum atomic E-state index is -1.67. The van der Waals surface area contributed by atoms with Gasteiger partial charge in [0, 0.05) is 17.7 Å². The van der Waals surface area contributed by atoms with Gasteiger partial charge in [-0.25, -0.2) is 8.78 Å². The fraction of sp³-hybridized carbons (Fsp3) is 0.0870. The number of hydrogen-bond donors (Lipinski definition) is 2. The number of halogens is 4. The lowest BCUT2D eigenvalue weighted by Gasteiger charge is -2.13. The molecule has 0 saturated heterocycles. The van der Waals surface area contributed by atoms with E-state index in [1.807, 2.05) is 0 Å². The van der Waals surface area contributed by atoms with Crippen LogP contribution in [0.4, 0.5) is 17.6 Å². The molecule has 9 heteroatoms. The lowest BCUT2D eigenvalue weighted by molar-refractivity contribution is 0.104. The summed E-state index contributed by atoms with van der Waals surface area (Å²) >= 11 is 0. The lowest BCUT2D eigenvalue weighted by atomic mass is 10.1. The van der Waals surface area contributed by atoms with Crippen LogP contribution in [0.2, 0.25) is 0 Å². The second kappa shape index (κ2) is 9.42. The molecule has 0 saturated carbocycles. The third-order valence-corrected chi connectivity index (χ3v) is 4.42. The van der Waals surface area contributed by atoms with E-state index in [0.717, 1.165) is 6.07 Å². The summed E-state index contributed by atoms with van der Waals surface area (Å²) in [6.07, 6.45) is 2.57. The monoisotopic (exact) mass is 448 g/mol. The van der Waals surface area contributed by atoms with Crippen molar-refractivity contribution >= 4 is 11.9 Å². The van der Waals surface area contributed by atoms with Crippen LogP contribution in [0.15, 0.2) is 48.5 Å². The first-order valence-corrected chi connectivity index (χ1v) is 9.08. The SMILES string of the molecule is COc1ccc(/C=C/C(=O)c2ccc(O)cc2O)cc1COc1c(F)c(F)cc(F)c1F. The minimum Gasteiger partial charge on any atom is -0.508 e. The smallest absolute Gasteiger partial charge is 0.203 e. The van der Waals surface area contributed by atoms with Crippen molar-refractivity contribution in [3.05, 3.63) is 88.5 Å². The number of ether oxygens (including phenoxy) is 2. The summed E-state index contributed by atoms with van der Waals surface area (Å²) in [5, 5.41) is 19.1. The van der Waals surface area contributed by atoms with Gasteiger partial charge in [-0.1, -0.05) is 12.1 Å². The van der Waals surface area contributed by atoms with Gasteiger partial charge >= 0.3 is 0 Å². The molecule has 0 aliphatic heterocycles. The zero-order valence-electron chi connectivity index (χ0n) is 16.5. The van der Waals surface area contributed by atoms with Crippen molar-refractivity contribution in [1.29, 1.82) is 0 Å². The van der Waals surface area contributed by atoms with Crippen molar-refractivity contribution in [1.82, 2.24) is 0 Å². The van der Waals surface area contributed by atoms with Crippen LogP contribution in [0.5, 0.6) is 23.0 Å². The molecule has 0 bridgehead atoms. The number of allylic oxidation sites excluding steroid dienone is 1. The Morgan fingerprint density at radius 3 is 2.28 bits per heavy atom. The molecule has 0 radical (unpaired) electrons. The molecule has 0 amide bonds. The third kappa shape index (κ3) is 4.83. The molecule has 0 heterocycles. The topological polar surface area (TPSA) is 76.0 Å². The Bertz CT molecular complexity index is 1180. The van der Waals surface area contributed by atoms with Gasteiger partial charge in [-0.2, -0.15) is 8.78 Å². The Morgan fingerprint density at radius 1 is 0.969 bits per heavy atom. The van der Waals surface area contributed by atoms with Crippen LogP contribution in [0.1, 0.15) is 21.5 Å². The van der Waals surface area contributed by atoms with Gasteiger partial charge in [0.1, 0.15) is 23.9 Å². The summed E-state index contributed by atoms with van der Waals surface area (Å²) in [6.45, 7) is -0.492. The van der Waals surface area contributed by atoms with Crippen molar-refractivity contribution in [3.8, 4) is 23.0 Å². The Morgan fingerprint density at radius 2 is 1.66 bits per heavy atom. The van der Waals surface area contributed by atoms with E-state index in [-0.39, 0.29) is 28.7 Å². The minimum absolute atomic E-state index is 0.0322.